The normalized spacial score (nSPS) is 16.7. The van der Waals surface area contributed by atoms with Gasteiger partial charge in [-0.2, -0.15) is 0 Å². The summed E-state index contributed by atoms with van der Waals surface area (Å²) in [6.45, 7) is -0.145. The van der Waals surface area contributed by atoms with Crippen molar-refractivity contribution in [1.82, 2.24) is 4.90 Å². The summed E-state index contributed by atoms with van der Waals surface area (Å²) in [7, 11) is 0. The van der Waals surface area contributed by atoms with Crippen molar-refractivity contribution < 1.29 is 24.6 Å². The number of nitrogens with zero attached hydrogens (tertiary/aromatic N) is 1. The van der Waals surface area contributed by atoms with Gasteiger partial charge in [0.15, 0.2) is 5.78 Å². The Balaban J connectivity index is 2.17. The fourth-order valence-corrected chi connectivity index (χ4v) is 2.07. The Kier molecular flexibility index (Phi) is 3.50. The SMILES string of the molecule is O=C1CC(=O)N(C(Cc2ccc(O)cc2)C(=O)O)C1. The fourth-order valence-electron chi connectivity index (χ4n) is 2.07. The molecule has 1 aromatic rings. The zero-order valence-electron chi connectivity index (χ0n) is 10.1. The standard InChI is InChI=1S/C13H13NO5/c15-9-3-1-8(2-4-9)5-11(13(18)19)14-7-10(16)6-12(14)17/h1-4,11,15H,5-7H2,(H,18,19). The molecule has 1 heterocycles. The van der Waals surface area contributed by atoms with Crippen LogP contribution in [-0.4, -0.2) is 45.4 Å². The number of amides is 1. The molecule has 1 aliphatic heterocycles. The molecule has 19 heavy (non-hydrogen) atoms. The monoisotopic (exact) mass is 263 g/mol. The quantitative estimate of drug-likeness (QED) is 0.756. The maximum absolute atomic E-state index is 11.6. The highest BCUT2D eigenvalue weighted by molar-refractivity contribution is 6.06. The Hall–Kier alpha value is -2.37. The van der Waals surface area contributed by atoms with Gasteiger partial charge >= 0.3 is 5.97 Å². The molecular formula is C13H13NO5. The number of hydrogen-bond acceptors (Lipinski definition) is 4. The maximum Gasteiger partial charge on any atom is 0.326 e. The van der Waals surface area contributed by atoms with Gasteiger partial charge in [-0.1, -0.05) is 12.1 Å². The van der Waals surface area contributed by atoms with Crippen molar-refractivity contribution in [2.24, 2.45) is 0 Å². The smallest absolute Gasteiger partial charge is 0.326 e. The van der Waals surface area contributed by atoms with Crippen LogP contribution in [0.2, 0.25) is 0 Å². The van der Waals surface area contributed by atoms with E-state index in [1.807, 2.05) is 0 Å². The first-order valence-corrected chi connectivity index (χ1v) is 5.79. The van der Waals surface area contributed by atoms with Gasteiger partial charge in [-0.3, -0.25) is 9.59 Å². The third-order valence-corrected chi connectivity index (χ3v) is 3.04. The van der Waals surface area contributed by atoms with Gasteiger partial charge in [-0.25, -0.2) is 4.79 Å². The Morgan fingerprint density at radius 1 is 1.26 bits per heavy atom. The number of carboxylic acids is 1. The molecule has 0 aliphatic carbocycles. The number of hydrogen-bond donors (Lipinski definition) is 2. The lowest BCUT2D eigenvalue weighted by molar-refractivity contribution is -0.148. The van der Waals surface area contributed by atoms with Crippen molar-refractivity contribution in [3.8, 4) is 5.75 Å². The Bertz CT molecular complexity index is 522. The average molecular weight is 263 g/mol. The van der Waals surface area contributed by atoms with E-state index >= 15 is 0 Å². The van der Waals surface area contributed by atoms with Crippen LogP contribution < -0.4 is 0 Å². The molecule has 0 aromatic heterocycles. The third kappa shape index (κ3) is 2.90. The van der Waals surface area contributed by atoms with E-state index < -0.39 is 17.9 Å². The number of carboxylic acid groups (broad SMARTS) is 1. The molecule has 0 radical (unpaired) electrons. The number of phenols is 1. The topological polar surface area (TPSA) is 94.9 Å². The number of aromatic hydroxyl groups is 1. The van der Waals surface area contributed by atoms with Crippen molar-refractivity contribution in [2.45, 2.75) is 18.9 Å². The van der Waals surface area contributed by atoms with Crippen molar-refractivity contribution in [3.63, 3.8) is 0 Å². The van der Waals surface area contributed by atoms with Crippen LogP contribution in [0, 0.1) is 0 Å². The summed E-state index contributed by atoms with van der Waals surface area (Å²) in [6.07, 6.45) is -0.117. The van der Waals surface area contributed by atoms with E-state index in [1.165, 1.54) is 12.1 Å². The molecule has 1 unspecified atom stereocenters. The predicted octanol–water partition coefficient (Wildman–Crippen LogP) is 0.189. The van der Waals surface area contributed by atoms with Crippen LogP contribution in [0.3, 0.4) is 0 Å². The highest BCUT2D eigenvalue weighted by Crippen LogP contribution is 2.17. The molecule has 1 atom stereocenters. The highest BCUT2D eigenvalue weighted by Gasteiger charge is 2.36. The van der Waals surface area contributed by atoms with Crippen LogP contribution in [0.4, 0.5) is 0 Å². The summed E-state index contributed by atoms with van der Waals surface area (Å²) >= 11 is 0. The third-order valence-electron chi connectivity index (χ3n) is 3.04. The number of likely N-dealkylation sites (tertiary alicyclic amines) is 1. The molecule has 100 valence electrons. The van der Waals surface area contributed by atoms with Crippen LogP contribution in [0.1, 0.15) is 12.0 Å². The first kappa shape index (κ1) is 13.1. The van der Waals surface area contributed by atoms with E-state index in [2.05, 4.69) is 0 Å². The molecule has 2 rings (SSSR count). The van der Waals surface area contributed by atoms with Gasteiger partial charge in [0.25, 0.3) is 0 Å². The average Bonchev–Trinajstić information content (AvgIpc) is 2.67. The van der Waals surface area contributed by atoms with Crippen LogP contribution in [0.15, 0.2) is 24.3 Å². The zero-order chi connectivity index (χ0) is 14.0. The van der Waals surface area contributed by atoms with Crippen LogP contribution in [0.25, 0.3) is 0 Å². The largest absolute Gasteiger partial charge is 0.508 e. The summed E-state index contributed by atoms with van der Waals surface area (Å²) in [4.78, 5) is 35.1. The number of rotatable bonds is 4. The Labute approximate surface area is 109 Å². The Morgan fingerprint density at radius 3 is 2.37 bits per heavy atom. The minimum Gasteiger partial charge on any atom is -0.508 e. The minimum atomic E-state index is -1.14. The summed E-state index contributed by atoms with van der Waals surface area (Å²) in [5.41, 5.74) is 0.678. The van der Waals surface area contributed by atoms with E-state index in [1.54, 1.807) is 12.1 Å². The maximum atomic E-state index is 11.6. The van der Waals surface area contributed by atoms with E-state index in [-0.39, 0.29) is 30.9 Å². The second-order valence-corrected chi connectivity index (χ2v) is 4.46. The van der Waals surface area contributed by atoms with Gasteiger partial charge in [-0.05, 0) is 17.7 Å². The highest BCUT2D eigenvalue weighted by atomic mass is 16.4. The number of aliphatic carboxylic acids is 1. The summed E-state index contributed by atoms with van der Waals surface area (Å²) < 4.78 is 0. The van der Waals surface area contributed by atoms with Crippen LogP contribution in [0.5, 0.6) is 5.75 Å². The first-order valence-electron chi connectivity index (χ1n) is 5.79. The summed E-state index contributed by atoms with van der Waals surface area (Å²) in [5, 5.41) is 18.4. The second kappa shape index (κ2) is 5.09. The number of phenolic OH excluding ortho intramolecular Hbond substituents is 1. The predicted molar refractivity (Wildman–Crippen MR) is 64.6 cm³/mol. The van der Waals surface area contributed by atoms with Crippen LogP contribution >= 0.6 is 0 Å². The molecule has 1 aliphatic rings. The van der Waals surface area contributed by atoms with Gasteiger partial charge in [0.2, 0.25) is 5.91 Å². The number of Topliss-reactive ketones (excluding diaryl/α,β-unsaturated/α-hetero) is 1. The molecule has 6 nitrogen and oxygen atoms in total. The molecule has 0 bridgehead atoms. The van der Waals surface area contributed by atoms with Crippen LogP contribution in [-0.2, 0) is 20.8 Å². The fraction of sp³-hybridized carbons (Fsp3) is 0.308. The minimum absolute atomic E-state index is 0.0862. The lowest BCUT2D eigenvalue weighted by Crippen LogP contribution is -2.43. The van der Waals surface area contributed by atoms with Crippen molar-refractivity contribution in [1.29, 1.82) is 0 Å². The first-order chi connectivity index (χ1) is 8.97. The van der Waals surface area contributed by atoms with Crippen molar-refractivity contribution >= 4 is 17.7 Å². The number of carbonyl (C=O) groups is 3. The van der Waals surface area contributed by atoms with Crippen molar-refractivity contribution in [2.75, 3.05) is 6.54 Å². The van der Waals surface area contributed by atoms with Gasteiger partial charge in [0, 0.05) is 6.42 Å². The molecule has 2 N–H and O–H groups in total. The van der Waals surface area contributed by atoms with Gasteiger partial charge < -0.3 is 15.1 Å². The molecule has 6 heteroatoms. The lowest BCUT2D eigenvalue weighted by Gasteiger charge is -2.23. The van der Waals surface area contributed by atoms with Gasteiger partial charge in [0.1, 0.15) is 11.8 Å². The molecule has 1 fully saturated rings. The molecule has 0 spiro atoms. The zero-order valence-corrected chi connectivity index (χ0v) is 10.1. The van der Waals surface area contributed by atoms with E-state index in [0.29, 0.717) is 5.56 Å². The van der Waals surface area contributed by atoms with Gasteiger partial charge in [0.05, 0.1) is 13.0 Å². The number of ketones is 1. The number of benzene rings is 1. The summed E-state index contributed by atoms with van der Waals surface area (Å²) in [6, 6.07) is 5.03. The van der Waals surface area contributed by atoms with E-state index in [9.17, 15) is 19.5 Å². The molecular weight excluding hydrogens is 250 g/mol. The molecule has 1 amide bonds. The van der Waals surface area contributed by atoms with Gasteiger partial charge in [-0.15, -0.1) is 0 Å². The van der Waals surface area contributed by atoms with Crippen molar-refractivity contribution in [3.05, 3.63) is 29.8 Å². The molecule has 1 aromatic carbocycles. The lowest BCUT2D eigenvalue weighted by atomic mass is 10.0. The number of carbonyl (C=O) groups excluding carboxylic acids is 2. The van der Waals surface area contributed by atoms with E-state index in [0.717, 1.165) is 4.90 Å². The second-order valence-electron chi connectivity index (χ2n) is 4.46. The Morgan fingerprint density at radius 2 is 1.89 bits per heavy atom. The summed E-state index contributed by atoms with van der Waals surface area (Å²) in [5.74, 6) is -1.77. The van der Waals surface area contributed by atoms with E-state index in [4.69, 9.17) is 5.11 Å². The molecule has 1 saturated heterocycles. The molecule has 0 saturated carbocycles.